The lowest BCUT2D eigenvalue weighted by Gasteiger charge is -2.32. The third kappa shape index (κ3) is 5.16. The van der Waals surface area contributed by atoms with Crippen molar-refractivity contribution in [2.75, 3.05) is 0 Å². The molecule has 148 valence electrons. The largest absolute Gasteiger partial charge is 0.348 e. The van der Waals surface area contributed by atoms with Crippen LogP contribution in [0.2, 0.25) is 10.0 Å². The molecule has 28 heavy (non-hydrogen) atoms. The van der Waals surface area contributed by atoms with Crippen LogP contribution in [0.1, 0.15) is 35.8 Å². The van der Waals surface area contributed by atoms with Crippen molar-refractivity contribution in [3.63, 3.8) is 0 Å². The van der Waals surface area contributed by atoms with Crippen LogP contribution in [0, 0.1) is 0 Å². The lowest BCUT2D eigenvalue weighted by Crippen LogP contribution is -2.33. The van der Waals surface area contributed by atoms with Crippen LogP contribution in [0.5, 0.6) is 0 Å². The number of thiophene rings is 1. The molecule has 0 spiro atoms. The van der Waals surface area contributed by atoms with Crippen molar-refractivity contribution in [2.45, 2.75) is 50.7 Å². The van der Waals surface area contributed by atoms with Crippen LogP contribution >= 0.6 is 34.5 Å². The van der Waals surface area contributed by atoms with E-state index in [9.17, 15) is 0 Å². The first kappa shape index (κ1) is 19.9. The normalized spacial score (nSPS) is 20.9. The minimum atomic E-state index is -0.222. The fraction of sp³-hybridized carbons (Fsp3) is 0.381. The maximum absolute atomic E-state index is 6.45. The summed E-state index contributed by atoms with van der Waals surface area (Å²) >= 11 is 14.1. The predicted octanol–water partition coefficient (Wildman–Crippen LogP) is 6.15. The molecule has 1 aliphatic rings. The minimum absolute atomic E-state index is 0.101. The summed E-state index contributed by atoms with van der Waals surface area (Å²) in [5, 5.41) is 3.37. The minimum Gasteiger partial charge on any atom is -0.348 e. The molecule has 3 heterocycles. The molecular formula is C21H22Cl2N2O2S. The maximum Gasteiger partial charge on any atom is 0.158 e. The Morgan fingerprint density at radius 2 is 2.21 bits per heavy atom. The van der Waals surface area contributed by atoms with Gasteiger partial charge in [0.15, 0.2) is 6.29 Å². The second-order valence-electron chi connectivity index (χ2n) is 6.96. The molecule has 0 amide bonds. The third-order valence-corrected chi connectivity index (χ3v) is 6.43. The van der Waals surface area contributed by atoms with E-state index >= 15 is 0 Å². The first-order valence-corrected chi connectivity index (χ1v) is 11.0. The van der Waals surface area contributed by atoms with Gasteiger partial charge in [0.05, 0.1) is 18.5 Å². The summed E-state index contributed by atoms with van der Waals surface area (Å²) in [5.74, 6) is 0. The van der Waals surface area contributed by atoms with Gasteiger partial charge in [0.25, 0.3) is 0 Å². The van der Waals surface area contributed by atoms with E-state index in [1.807, 2.05) is 30.7 Å². The van der Waals surface area contributed by atoms with Crippen LogP contribution in [0.4, 0.5) is 0 Å². The molecule has 1 aromatic carbocycles. The van der Waals surface area contributed by atoms with E-state index in [0.717, 1.165) is 31.4 Å². The molecule has 4 rings (SSSR count). The number of nitrogens with zero attached hydrogens (tertiary/aromatic N) is 2. The fourth-order valence-corrected chi connectivity index (χ4v) is 4.74. The van der Waals surface area contributed by atoms with Crippen LogP contribution in [0.15, 0.2) is 54.4 Å². The molecule has 1 fully saturated rings. The molecule has 1 saturated heterocycles. The lowest BCUT2D eigenvalue weighted by atomic mass is 10.1. The van der Waals surface area contributed by atoms with Gasteiger partial charge in [0.1, 0.15) is 0 Å². The van der Waals surface area contributed by atoms with Gasteiger partial charge >= 0.3 is 0 Å². The summed E-state index contributed by atoms with van der Waals surface area (Å²) in [4.78, 5) is 5.28. The highest BCUT2D eigenvalue weighted by molar-refractivity contribution is 7.10. The molecule has 3 aromatic rings. The predicted molar refractivity (Wildman–Crippen MR) is 113 cm³/mol. The summed E-state index contributed by atoms with van der Waals surface area (Å²) < 4.78 is 14.8. The smallest absolute Gasteiger partial charge is 0.158 e. The van der Waals surface area contributed by atoms with Gasteiger partial charge < -0.3 is 14.0 Å². The second kappa shape index (κ2) is 9.42. The van der Waals surface area contributed by atoms with Gasteiger partial charge in [0.2, 0.25) is 0 Å². The van der Waals surface area contributed by atoms with Crippen molar-refractivity contribution in [3.8, 4) is 0 Å². The van der Waals surface area contributed by atoms with Crippen LogP contribution in [0.3, 0.4) is 0 Å². The Kier molecular flexibility index (Phi) is 6.70. The first-order chi connectivity index (χ1) is 13.7. The van der Waals surface area contributed by atoms with E-state index in [1.54, 1.807) is 23.6 Å². The molecule has 2 aromatic heterocycles. The maximum atomic E-state index is 6.45. The number of ether oxygens (including phenoxy) is 2. The molecule has 0 N–H and O–H groups in total. The van der Waals surface area contributed by atoms with Gasteiger partial charge in [0, 0.05) is 40.3 Å². The average Bonchev–Trinajstić information content (AvgIpc) is 3.37. The molecule has 0 radical (unpaired) electrons. The number of aromatic nitrogens is 2. The quantitative estimate of drug-likeness (QED) is 0.445. The third-order valence-electron chi connectivity index (χ3n) is 4.88. The van der Waals surface area contributed by atoms with Gasteiger partial charge in [-0.15, -0.1) is 11.3 Å². The topological polar surface area (TPSA) is 36.3 Å². The van der Waals surface area contributed by atoms with E-state index in [0.29, 0.717) is 16.5 Å². The lowest BCUT2D eigenvalue weighted by molar-refractivity contribution is -0.218. The van der Waals surface area contributed by atoms with Crippen molar-refractivity contribution >= 4 is 34.5 Å². The number of rotatable bonds is 7. The Morgan fingerprint density at radius 1 is 1.29 bits per heavy atom. The van der Waals surface area contributed by atoms with E-state index in [-0.39, 0.29) is 18.5 Å². The van der Waals surface area contributed by atoms with E-state index < -0.39 is 0 Å². The molecule has 1 unspecified atom stereocenters. The Morgan fingerprint density at radius 3 is 2.96 bits per heavy atom. The molecule has 0 aliphatic carbocycles. The van der Waals surface area contributed by atoms with Crippen molar-refractivity contribution in [3.05, 3.63) is 74.9 Å². The zero-order valence-corrected chi connectivity index (χ0v) is 17.7. The molecule has 0 saturated carbocycles. The fourth-order valence-electron chi connectivity index (χ4n) is 3.49. The van der Waals surface area contributed by atoms with Crippen LogP contribution in [-0.2, 0) is 22.4 Å². The van der Waals surface area contributed by atoms with Crippen molar-refractivity contribution in [2.24, 2.45) is 0 Å². The average molecular weight is 437 g/mol. The zero-order valence-electron chi connectivity index (χ0n) is 15.3. The number of benzene rings is 1. The van der Waals surface area contributed by atoms with E-state index in [2.05, 4.69) is 21.0 Å². The van der Waals surface area contributed by atoms with Gasteiger partial charge in [-0.25, -0.2) is 4.98 Å². The van der Waals surface area contributed by atoms with Gasteiger partial charge in [-0.3, -0.25) is 0 Å². The first-order valence-electron chi connectivity index (χ1n) is 9.41. The Labute approximate surface area is 179 Å². The molecule has 7 heteroatoms. The Hall–Kier alpha value is -1.37. The highest BCUT2D eigenvalue weighted by Crippen LogP contribution is 2.33. The summed E-state index contributed by atoms with van der Waals surface area (Å²) in [6, 6.07) is 9.77. The van der Waals surface area contributed by atoms with Crippen molar-refractivity contribution < 1.29 is 9.47 Å². The molecular weight excluding hydrogens is 415 g/mol. The second-order valence-corrected chi connectivity index (χ2v) is 8.78. The number of halogens is 2. The van der Waals surface area contributed by atoms with E-state index in [4.69, 9.17) is 32.7 Å². The number of hydrogen-bond acceptors (Lipinski definition) is 4. The summed E-state index contributed by atoms with van der Waals surface area (Å²) in [7, 11) is 0. The monoisotopic (exact) mass is 436 g/mol. The number of imidazole rings is 1. The van der Waals surface area contributed by atoms with Gasteiger partial charge in [-0.05, 0) is 48.4 Å². The van der Waals surface area contributed by atoms with E-state index in [1.165, 1.54) is 4.88 Å². The summed E-state index contributed by atoms with van der Waals surface area (Å²) in [6.07, 6.45) is 9.09. The number of hydrogen-bond donors (Lipinski definition) is 0. The van der Waals surface area contributed by atoms with Crippen molar-refractivity contribution in [1.82, 2.24) is 9.55 Å². The SMILES string of the molecule is Clc1ccc(CC(O[C@H]2CCC[C@H](Cn3ccnc3)O2)c2cccs2)c(Cl)c1. The highest BCUT2D eigenvalue weighted by atomic mass is 35.5. The Bertz CT molecular complexity index is 871. The molecule has 3 atom stereocenters. The van der Waals surface area contributed by atoms with Gasteiger partial charge in [-0.2, -0.15) is 0 Å². The van der Waals surface area contributed by atoms with Crippen molar-refractivity contribution in [1.29, 1.82) is 0 Å². The van der Waals surface area contributed by atoms with Gasteiger partial charge in [-0.1, -0.05) is 35.3 Å². The highest BCUT2D eigenvalue weighted by Gasteiger charge is 2.27. The summed E-state index contributed by atoms with van der Waals surface area (Å²) in [6.45, 7) is 0.798. The van der Waals surface area contributed by atoms with Crippen LogP contribution in [0.25, 0.3) is 0 Å². The standard InChI is InChI=1S/C21H22Cl2N2O2S/c22-16-7-6-15(18(23)12-16)11-19(20-4-2-10-28-20)27-21-5-1-3-17(26-21)13-25-9-8-24-14-25/h2,4,6-10,12,14,17,19,21H,1,3,5,11,13H2/t17-,19?,21+/m1/s1. The van der Waals surface area contributed by atoms with Crippen LogP contribution in [-0.4, -0.2) is 21.9 Å². The summed E-state index contributed by atoms with van der Waals surface area (Å²) in [5.41, 5.74) is 1.02. The van der Waals surface area contributed by atoms with Crippen LogP contribution < -0.4 is 0 Å². The molecule has 4 nitrogen and oxygen atoms in total. The Balaban J connectivity index is 1.45. The molecule has 0 bridgehead atoms. The zero-order chi connectivity index (χ0) is 19.3. The molecule has 1 aliphatic heterocycles.